The van der Waals surface area contributed by atoms with Crippen LogP contribution in [0.4, 0.5) is 23.1 Å². The van der Waals surface area contributed by atoms with E-state index in [1.807, 2.05) is 79.0 Å². The molecule has 3 aromatic carbocycles. The van der Waals surface area contributed by atoms with Crippen molar-refractivity contribution in [1.29, 1.82) is 0 Å². The summed E-state index contributed by atoms with van der Waals surface area (Å²) < 4.78 is 11.5. The van der Waals surface area contributed by atoms with Gasteiger partial charge in [0.25, 0.3) is 0 Å². The van der Waals surface area contributed by atoms with Crippen molar-refractivity contribution in [2.45, 2.75) is 13.8 Å². The van der Waals surface area contributed by atoms with Gasteiger partial charge in [-0.05, 0) is 73.3 Å². The Balaban J connectivity index is 1.40. The van der Waals surface area contributed by atoms with E-state index < -0.39 is 0 Å². The summed E-state index contributed by atoms with van der Waals surface area (Å²) in [6.45, 7) is 7.93. The molecule has 204 valence electrons. The van der Waals surface area contributed by atoms with Crippen LogP contribution < -0.4 is 20.1 Å². The van der Waals surface area contributed by atoms with Crippen molar-refractivity contribution < 1.29 is 9.47 Å². The highest BCUT2D eigenvalue weighted by atomic mass is 16.5. The van der Waals surface area contributed by atoms with E-state index >= 15 is 0 Å². The van der Waals surface area contributed by atoms with Gasteiger partial charge in [-0.15, -0.1) is 0 Å². The van der Waals surface area contributed by atoms with E-state index in [2.05, 4.69) is 45.4 Å². The largest absolute Gasteiger partial charge is 0.495 e. The summed E-state index contributed by atoms with van der Waals surface area (Å²) in [6, 6.07) is 25.7. The predicted octanol–water partition coefficient (Wildman–Crippen LogP) is 6.91. The molecule has 0 aliphatic rings. The molecule has 0 bridgehead atoms. The molecule has 5 rings (SSSR count). The lowest BCUT2D eigenvalue weighted by atomic mass is 10.0. The number of nitrogens with one attached hydrogen (secondary N) is 2. The van der Waals surface area contributed by atoms with E-state index in [0.29, 0.717) is 18.4 Å². The second-order valence-corrected chi connectivity index (χ2v) is 9.22. The minimum Gasteiger partial charge on any atom is -0.495 e. The van der Waals surface area contributed by atoms with Crippen LogP contribution in [-0.2, 0) is 0 Å². The predicted molar refractivity (Wildman–Crippen MR) is 162 cm³/mol. The summed E-state index contributed by atoms with van der Waals surface area (Å²) in [4.78, 5) is 16.3. The number of aromatic nitrogens is 3. The lowest BCUT2D eigenvalue weighted by molar-refractivity contribution is 0.223. The molecule has 0 radical (unpaired) electrons. The van der Waals surface area contributed by atoms with E-state index in [4.69, 9.17) is 14.5 Å². The van der Waals surface area contributed by atoms with Gasteiger partial charge in [-0.2, -0.15) is 4.98 Å². The monoisotopic (exact) mass is 534 g/mol. The van der Waals surface area contributed by atoms with Crippen molar-refractivity contribution in [3.8, 4) is 22.6 Å². The number of para-hydroxylation sites is 2. The number of anilines is 4. The molecule has 40 heavy (non-hydrogen) atoms. The molecule has 0 unspecified atom stereocenters. The lowest BCUT2D eigenvalue weighted by Crippen LogP contribution is -2.27. The zero-order chi connectivity index (χ0) is 27.7. The highest BCUT2D eigenvalue weighted by Gasteiger charge is 2.13. The van der Waals surface area contributed by atoms with Crippen molar-refractivity contribution >= 4 is 34.0 Å². The van der Waals surface area contributed by atoms with E-state index in [9.17, 15) is 0 Å². The minimum atomic E-state index is 0.471. The lowest BCUT2D eigenvalue weighted by Gasteiger charge is -2.18. The number of rotatable bonds is 12. The van der Waals surface area contributed by atoms with Crippen LogP contribution in [0.25, 0.3) is 22.0 Å². The summed E-state index contributed by atoms with van der Waals surface area (Å²) in [7, 11) is 1.65. The average molecular weight is 535 g/mol. The third-order valence-electron chi connectivity index (χ3n) is 6.74. The van der Waals surface area contributed by atoms with Crippen LogP contribution in [0.1, 0.15) is 13.8 Å². The smallest absolute Gasteiger partial charge is 0.229 e. The van der Waals surface area contributed by atoms with Gasteiger partial charge in [-0.1, -0.05) is 38.1 Å². The van der Waals surface area contributed by atoms with Crippen LogP contribution in [0.15, 0.2) is 91.3 Å². The standard InChI is InChI=1S/C32H34N6O2/c1-4-38(5-2)19-20-40-26-15-13-25(14-16-26)35-32-34-22-27(23-12-17-28-24(21-23)9-8-18-33-28)31(37-32)36-29-10-6-7-11-30(29)39-3/h6-18,21-22H,4-5,19-20H2,1-3H3,(H2,34,35,36,37). The first kappa shape index (κ1) is 26.9. The Morgan fingerprint density at radius 2 is 1.68 bits per heavy atom. The number of fused-ring (bicyclic) bond motifs is 1. The van der Waals surface area contributed by atoms with Crippen molar-refractivity contribution in [3.63, 3.8) is 0 Å². The van der Waals surface area contributed by atoms with Crippen molar-refractivity contribution in [1.82, 2.24) is 19.9 Å². The number of ether oxygens (including phenoxy) is 2. The molecule has 5 aromatic rings. The van der Waals surface area contributed by atoms with Gasteiger partial charge in [0.1, 0.15) is 23.9 Å². The number of hydrogen-bond donors (Lipinski definition) is 2. The Morgan fingerprint density at radius 1 is 0.850 bits per heavy atom. The Kier molecular flexibility index (Phi) is 8.68. The molecule has 2 N–H and O–H groups in total. The topological polar surface area (TPSA) is 84.4 Å². The van der Waals surface area contributed by atoms with E-state index in [1.54, 1.807) is 13.3 Å². The Hall–Kier alpha value is -4.69. The number of nitrogens with zero attached hydrogens (tertiary/aromatic N) is 4. The molecule has 8 heteroatoms. The van der Waals surface area contributed by atoms with Crippen LogP contribution in [0.2, 0.25) is 0 Å². The van der Waals surface area contributed by atoms with Crippen molar-refractivity contribution in [2.75, 3.05) is 44.0 Å². The van der Waals surface area contributed by atoms with Crippen molar-refractivity contribution in [3.05, 3.63) is 91.3 Å². The van der Waals surface area contributed by atoms with Gasteiger partial charge in [0.2, 0.25) is 5.95 Å². The second-order valence-electron chi connectivity index (χ2n) is 9.22. The SMILES string of the molecule is CCN(CC)CCOc1ccc(Nc2ncc(-c3ccc4ncccc4c3)c(Nc3ccccc3OC)n2)cc1. The van der Waals surface area contributed by atoms with Gasteiger partial charge in [-0.3, -0.25) is 4.98 Å². The van der Waals surface area contributed by atoms with Gasteiger partial charge >= 0.3 is 0 Å². The van der Waals surface area contributed by atoms with Gasteiger partial charge < -0.3 is 25.0 Å². The van der Waals surface area contributed by atoms with Gasteiger partial charge in [0.15, 0.2) is 0 Å². The summed E-state index contributed by atoms with van der Waals surface area (Å²) >= 11 is 0. The fourth-order valence-corrected chi connectivity index (χ4v) is 4.46. The number of pyridine rings is 1. The number of benzene rings is 3. The Bertz CT molecular complexity index is 1550. The zero-order valence-corrected chi connectivity index (χ0v) is 23.1. The fraction of sp³-hybridized carbons (Fsp3) is 0.219. The van der Waals surface area contributed by atoms with E-state index in [0.717, 1.165) is 64.5 Å². The normalized spacial score (nSPS) is 11.0. The maximum absolute atomic E-state index is 5.92. The maximum Gasteiger partial charge on any atom is 0.229 e. The maximum atomic E-state index is 5.92. The number of methoxy groups -OCH3 is 1. The molecule has 2 heterocycles. The molecule has 0 saturated heterocycles. The molecule has 0 aliphatic carbocycles. The molecule has 8 nitrogen and oxygen atoms in total. The molecule has 2 aromatic heterocycles. The van der Waals surface area contributed by atoms with Crippen molar-refractivity contribution in [2.24, 2.45) is 0 Å². The molecular formula is C32H34N6O2. The number of likely N-dealkylation sites (N-methyl/N-ethyl adjacent to an activating group) is 1. The quantitative estimate of drug-likeness (QED) is 0.179. The first-order valence-electron chi connectivity index (χ1n) is 13.5. The summed E-state index contributed by atoms with van der Waals surface area (Å²) in [5, 5.41) is 7.83. The first-order valence-corrected chi connectivity index (χ1v) is 13.5. The highest BCUT2D eigenvalue weighted by molar-refractivity contribution is 5.88. The zero-order valence-electron chi connectivity index (χ0n) is 23.1. The van der Waals surface area contributed by atoms with Crippen LogP contribution in [0.3, 0.4) is 0 Å². The van der Waals surface area contributed by atoms with Crippen LogP contribution >= 0.6 is 0 Å². The summed E-state index contributed by atoms with van der Waals surface area (Å²) in [5.74, 6) is 2.68. The molecule has 0 fully saturated rings. The van der Waals surface area contributed by atoms with Gasteiger partial charge in [-0.25, -0.2) is 4.98 Å². The van der Waals surface area contributed by atoms with Gasteiger partial charge in [0.05, 0.1) is 18.3 Å². The Morgan fingerprint density at radius 3 is 2.48 bits per heavy atom. The average Bonchev–Trinajstić information content (AvgIpc) is 3.00. The van der Waals surface area contributed by atoms with Crippen LogP contribution in [0, 0.1) is 0 Å². The van der Waals surface area contributed by atoms with Gasteiger partial charge in [0, 0.05) is 35.6 Å². The second kappa shape index (κ2) is 12.9. The third-order valence-corrected chi connectivity index (χ3v) is 6.74. The molecule has 0 aliphatic heterocycles. The molecule has 0 saturated carbocycles. The Labute approximate surface area is 235 Å². The summed E-state index contributed by atoms with van der Waals surface area (Å²) in [5.41, 5.74) is 4.45. The molecule has 0 atom stereocenters. The molecular weight excluding hydrogens is 500 g/mol. The fourth-order valence-electron chi connectivity index (χ4n) is 4.46. The third kappa shape index (κ3) is 6.47. The van der Waals surface area contributed by atoms with Crippen LogP contribution in [-0.4, -0.2) is 53.2 Å². The van der Waals surface area contributed by atoms with E-state index in [-0.39, 0.29) is 0 Å². The minimum absolute atomic E-state index is 0.471. The molecule has 0 amide bonds. The molecule has 0 spiro atoms. The summed E-state index contributed by atoms with van der Waals surface area (Å²) in [6.07, 6.45) is 3.63. The number of hydrogen-bond acceptors (Lipinski definition) is 8. The first-order chi connectivity index (χ1) is 19.7. The van der Waals surface area contributed by atoms with Crippen LogP contribution in [0.5, 0.6) is 11.5 Å². The van der Waals surface area contributed by atoms with E-state index in [1.165, 1.54) is 0 Å². The highest BCUT2D eigenvalue weighted by Crippen LogP contribution is 2.34.